The molecular weight excluding hydrogens is 332 g/mol. The van der Waals surface area contributed by atoms with Crippen molar-refractivity contribution in [1.29, 1.82) is 0 Å². The van der Waals surface area contributed by atoms with Crippen molar-refractivity contribution in [3.8, 4) is 0 Å². The molecule has 0 unspecified atom stereocenters. The Morgan fingerprint density at radius 3 is 2.27 bits per heavy atom. The minimum absolute atomic E-state index is 0.0350. The molecule has 0 saturated carbocycles. The molecule has 26 heavy (non-hydrogen) atoms. The number of amides is 1. The lowest BCUT2D eigenvalue weighted by Gasteiger charge is -2.33. The fourth-order valence-electron chi connectivity index (χ4n) is 2.90. The number of likely N-dealkylation sites (tertiary alicyclic amines) is 1. The van der Waals surface area contributed by atoms with Crippen LogP contribution in [0.15, 0.2) is 41.8 Å². The topological polar surface area (TPSA) is 103 Å². The van der Waals surface area contributed by atoms with E-state index in [0.29, 0.717) is 19.0 Å². The Labute approximate surface area is 154 Å². The molecule has 1 aromatic rings. The second-order valence-electron chi connectivity index (χ2n) is 7.37. The lowest BCUT2D eigenvalue weighted by molar-refractivity contribution is 0.0205. The molecule has 0 bridgehead atoms. The summed E-state index contributed by atoms with van der Waals surface area (Å²) < 4.78 is 10.6. The van der Waals surface area contributed by atoms with Gasteiger partial charge >= 0.3 is 6.09 Å². The standard InChI is InChI=1S/C19H28N4O3/c1-13(20)25-17(22-21)16-7-5-14(6-8-16)15-9-11-23(12-10-15)18(24)26-19(2,3)4/h5-8,15H,1,9-12,20-21H2,2-4H3/b22-17-. The third-order valence-corrected chi connectivity index (χ3v) is 4.12. The Morgan fingerprint density at radius 2 is 1.81 bits per heavy atom. The minimum atomic E-state index is -0.469. The van der Waals surface area contributed by atoms with Gasteiger partial charge < -0.3 is 25.9 Å². The summed E-state index contributed by atoms with van der Waals surface area (Å²) in [6, 6.07) is 7.84. The molecule has 1 aliphatic rings. The van der Waals surface area contributed by atoms with Crippen LogP contribution in [0.3, 0.4) is 0 Å². The number of hydrogen-bond acceptors (Lipinski definition) is 6. The predicted molar refractivity (Wildman–Crippen MR) is 101 cm³/mol. The molecule has 142 valence electrons. The van der Waals surface area contributed by atoms with Gasteiger partial charge in [-0.3, -0.25) is 0 Å². The van der Waals surface area contributed by atoms with Crippen molar-refractivity contribution in [2.45, 2.75) is 45.1 Å². The molecule has 1 aliphatic heterocycles. The van der Waals surface area contributed by atoms with Gasteiger partial charge in [0.15, 0.2) is 5.88 Å². The van der Waals surface area contributed by atoms with E-state index in [1.165, 1.54) is 5.56 Å². The van der Waals surface area contributed by atoms with Crippen LogP contribution in [-0.4, -0.2) is 35.6 Å². The maximum Gasteiger partial charge on any atom is 0.410 e. The monoisotopic (exact) mass is 360 g/mol. The number of nitrogens with zero attached hydrogens (tertiary/aromatic N) is 2. The summed E-state index contributed by atoms with van der Waals surface area (Å²) in [7, 11) is 0. The van der Waals surface area contributed by atoms with E-state index in [1.54, 1.807) is 4.90 Å². The van der Waals surface area contributed by atoms with E-state index in [0.717, 1.165) is 18.4 Å². The lowest BCUT2D eigenvalue weighted by atomic mass is 9.89. The molecule has 1 heterocycles. The van der Waals surface area contributed by atoms with Crippen LogP contribution in [0, 0.1) is 0 Å². The summed E-state index contributed by atoms with van der Waals surface area (Å²) in [5, 5.41) is 3.59. The van der Waals surface area contributed by atoms with Crippen LogP contribution in [0.1, 0.15) is 50.7 Å². The highest BCUT2D eigenvalue weighted by Gasteiger charge is 2.27. The highest BCUT2D eigenvalue weighted by molar-refractivity contribution is 5.94. The zero-order chi connectivity index (χ0) is 19.3. The Balaban J connectivity index is 1.95. The van der Waals surface area contributed by atoms with E-state index in [4.69, 9.17) is 21.1 Å². The molecule has 1 amide bonds. The number of benzene rings is 1. The van der Waals surface area contributed by atoms with Gasteiger partial charge in [-0.15, -0.1) is 5.10 Å². The van der Waals surface area contributed by atoms with E-state index in [-0.39, 0.29) is 17.9 Å². The van der Waals surface area contributed by atoms with Crippen LogP contribution in [0.25, 0.3) is 0 Å². The second kappa shape index (κ2) is 8.12. The molecule has 1 saturated heterocycles. The van der Waals surface area contributed by atoms with Crippen LogP contribution >= 0.6 is 0 Å². The third kappa shape index (κ3) is 5.40. The fourth-order valence-corrected chi connectivity index (χ4v) is 2.90. The molecular formula is C19H28N4O3. The van der Waals surface area contributed by atoms with Crippen molar-refractivity contribution in [1.82, 2.24) is 4.90 Å². The highest BCUT2D eigenvalue weighted by Crippen LogP contribution is 2.29. The van der Waals surface area contributed by atoms with Gasteiger partial charge in [-0.05, 0) is 63.8 Å². The first kappa shape index (κ1) is 19.6. The van der Waals surface area contributed by atoms with Gasteiger partial charge in [0.05, 0.1) is 0 Å². The SMILES string of the molecule is C=C(N)O/C(=N\N)c1ccc(C2CCN(C(=O)OC(C)(C)C)CC2)cc1. The Kier molecular flexibility index (Phi) is 6.13. The van der Waals surface area contributed by atoms with E-state index >= 15 is 0 Å². The average Bonchev–Trinajstić information content (AvgIpc) is 2.58. The summed E-state index contributed by atoms with van der Waals surface area (Å²) in [6.07, 6.45) is 1.55. The fraction of sp³-hybridized carbons (Fsp3) is 0.474. The zero-order valence-corrected chi connectivity index (χ0v) is 15.7. The Hall–Kier alpha value is -2.70. The molecule has 0 spiro atoms. The van der Waals surface area contributed by atoms with Crippen molar-refractivity contribution in [2.75, 3.05) is 13.1 Å². The lowest BCUT2D eigenvalue weighted by Crippen LogP contribution is -2.41. The second-order valence-corrected chi connectivity index (χ2v) is 7.37. The van der Waals surface area contributed by atoms with Crippen molar-refractivity contribution in [3.63, 3.8) is 0 Å². The largest absolute Gasteiger partial charge is 0.444 e. The Morgan fingerprint density at radius 1 is 1.23 bits per heavy atom. The average molecular weight is 360 g/mol. The molecule has 4 N–H and O–H groups in total. The minimum Gasteiger partial charge on any atom is -0.444 e. The number of rotatable bonds is 3. The maximum absolute atomic E-state index is 12.1. The first-order chi connectivity index (χ1) is 12.2. The van der Waals surface area contributed by atoms with Gasteiger partial charge in [0, 0.05) is 18.7 Å². The quantitative estimate of drug-likeness (QED) is 0.284. The first-order valence-corrected chi connectivity index (χ1v) is 8.68. The smallest absolute Gasteiger partial charge is 0.410 e. The van der Waals surface area contributed by atoms with Gasteiger partial charge in [0.2, 0.25) is 5.90 Å². The number of piperidine rings is 1. The van der Waals surface area contributed by atoms with Gasteiger partial charge in [-0.25, -0.2) is 4.79 Å². The summed E-state index contributed by atoms with van der Waals surface area (Å²) >= 11 is 0. The highest BCUT2D eigenvalue weighted by atomic mass is 16.6. The van der Waals surface area contributed by atoms with Crippen molar-refractivity contribution < 1.29 is 14.3 Å². The van der Waals surface area contributed by atoms with Gasteiger partial charge in [0.25, 0.3) is 0 Å². The van der Waals surface area contributed by atoms with Crippen LogP contribution in [-0.2, 0) is 9.47 Å². The van der Waals surface area contributed by atoms with Gasteiger partial charge in [-0.2, -0.15) is 0 Å². The predicted octanol–water partition coefficient (Wildman–Crippen LogP) is 2.87. The Bertz CT molecular complexity index is 669. The first-order valence-electron chi connectivity index (χ1n) is 8.68. The van der Waals surface area contributed by atoms with E-state index in [1.807, 2.05) is 45.0 Å². The molecule has 0 aromatic heterocycles. The maximum atomic E-state index is 12.1. The van der Waals surface area contributed by atoms with Gasteiger partial charge in [-0.1, -0.05) is 12.1 Å². The summed E-state index contributed by atoms with van der Waals surface area (Å²) in [6.45, 7) is 10.5. The number of ether oxygens (including phenoxy) is 2. The number of nitrogens with two attached hydrogens (primary N) is 2. The molecule has 7 heteroatoms. The van der Waals surface area contributed by atoms with Gasteiger partial charge in [0.1, 0.15) is 5.60 Å². The van der Waals surface area contributed by atoms with E-state index in [2.05, 4.69) is 11.7 Å². The van der Waals surface area contributed by atoms with Crippen LogP contribution in [0.5, 0.6) is 0 Å². The normalized spacial score (nSPS) is 16.3. The molecule has 0 aliphatic carbocycles. The molecule has 0 radical (unpaired) electrons. The van der Waals surface area contributed by atoms with E-state index < -0.39 is 5.60 Å². The summed E-state index contributed by atoms with van der Waals surface area (Å²) in [4.78, 5) is 13.9. The molecule has 2 rings (SSSR count). The number of carbonyl (C=O) groups excluding carboxylic acids is 1. The van der Waals surface area contributed by atoms with Crippen molar-refractivity contribution in [3.05, 3.63) is 47.9 Å². The molecule has 0 atom stereocenters. The zero-order valence-electron chi connectivity index (χ0n) is 15.7. The van der Waals surface area contributed by atoms with Crippen LogP contribution in [0.2, 0.25) is 0 Å². The van der Waals surface area contributed by atoms with Crippen LogP contribution in [0.4, 0.5) is 4.79 Å². The number of carbonyl (C=O) groups is 1. The molecule has 7 nitrogen and oxygen atoms in total. The summed E-state index contributed by atoms with van der Waals surface area (Å²) in [5.41, 5.74) is 6.90. The van der Waals surface area contributed by atoms with Crippen LogP contribution < -0.4 is 11.6 Å². The number of hydrazone groups is 1. The van der Waals surface area contributed by atoms with Crippen molar-refractivity contribution >= 4 is 12.0 Å². The molecule has 1 fully saturated rings. The molecule has 1 aromatic carbocycles. The summed E-state index contributed by atoms with van der Waals surface area (Å²) in [5.74, 6) is 5.99. The van der Waals surface area contributed by atoms with Crippen molar-refractivity contribution in [2.24, 2.45) is 16.7 Å². The third-order valence-electron chi connectivity index (χ3n) is 4.12. The van der Waals surface area contributed by atoms with E-state index in [9.17, 15) is 4.79 Å². The number of hydrogen-bond donors (Lipinski definition) is 2.